The number of aliphatic imine (C=N–C) groups is 1. The van der Waals surface area contributed by atoms with Gasteiger partial charge >= 0.3 is 0 Å². The average Bonchev–Trinajstić information content (AvgIpc) is 2.69. The lowest BCUT2D eigenvalue weighted by molar-refractivity contribution is -0.898. The number of aromatic nitrogens is 1. The molecule has 0 radical (unpaired) electrons. The van der Waals surface area contributed by atoms with E-state index in [2.05, 4.69) is 33.9 Å². The monoisotopic (exact) mass is 355 g/mol. The lowest BCUT2D eigenvalue weighted by Gasteiger charge is -2.33. The first-order valence-corrected chi connectivity index (χ1v) is 9.13. The number of rotatable bonds is 5. The molecule has 1 fully saturated rings. The molecule has 2 aromatic rings. The smallest absolute Gasteiger partial charge is 0.145 e. The SMILES string of the molecule is CC[NH+]1CCN(c2ccc(N=Cc3c(CO)cnc(C)c3O)cc2)CC1. The van der Waals surface area contributed by atoms with Gasteiger partial charge in [-0.2, -0.15) is 0 Å². The molecule has 0 unspecified atom stereocenters. The van der Waals surface area contributed by atoms with Crippen LogP contribution in [0.3, 0.4) is 0 Å². The van der Waals surface area contributed by atoms with Gasteiger partial charge in [-0.05, 0) is 38.1 Å². The van der Waals surface area contributed by atoms with E-state index >= 15 is 0 Å². The minimum atomic E-state index is -0.188. The van der Waals surface area contributed by atoms with E-state index in [1.54, 1.807) is 24.2 Å². The molecule has 1 saturated heterocycles. The zero-order chi connectivity index (χ0) is 18.5. The van der Waals surface area contributed by atoms with Crippen molar-refractivity contribution in [1.82, 2.24) is 4.98 Å². The summed E-state index contributed by atoms with van der Waals surface area (Å²) in [5, 5.41) is 19.6. The fourth-order valence-corrected chi connectivity index (χ4v) is 3.25. The predicted molar refractivity (Wildman–Crippen MR) is 104 cm³/mol. The Bertz CT molecular complexity index is 766. The summed E-state index contributed by atoms with van der Waals surface area (Å²) in [7, 11) is 0. The lowest BCUT2D eigenvalue weighted by atomic mass is 10.1. The number of aliphatic hydroxyl groups excluding tert-OH is 1. The highest BCUT2D eigenvalue weighted by Crippen LogP contribution is 2.24. The van der Waals surface area contributed by atoms with Gasteiger partial charge < -0.3 is 20.0 Å². The Hall–Kier alpha value is -2.44. The first kappa shape index (κ1) is 18.4. The zero-order valence-electron chi connectivity index (χ0n) is 15.4. The normalized spacial score (nSPS) is 15.7. The standard InChI is InChI=1S/C20H26N4O2/c1-3-23-8-10-24(11-9-23)18-6-4-17(5-7-18)22-13-19-16(14-25)12-21-15(2)20(19)26/h4-7,12-13,25-26H,3,8-11,14H2,1-2H3/p+1. The van der Waals surface area contributed by atoms with Gasteiger partial charge in [0.1, 0.15) is 5.75 Å². The molecule has 1 aromatic carbocycles. The molecular weight excluding hydrogens is 328 g/mol. The van der Waals surface area contributed by atoms with E-state index in [1.165, 1.54) is 25.3 Å². The van der Waals surface area contributed by atoms with Crippen LogP contribution in [-0.2, 0) is 6.61 Å². The molecule has 1 aliphatic rings. The highest BCUT2D eigenvalue weighted by atomic mass is 16.3. The number of hydrogen-bond donors (Lipinski definition) is 3. The third kappa shape index (κ3) is 4.03. The Kier molecular flexibility index (Phi) is 5.85. The van der Waals surface area contributed by atoms with Crippen LogP contribution in [0.2, 0.25) is 0 Å². The summed E-state index contributed by atoms with van der Waals surface area (Å²) in [5.74, 6) is 0.0632. The largest absolute Gasteiger partial charge is 0.505 e. The molecule has 0 atom stereocenters. The van der Waals surface area contributed by atoms with E-state index < -0.39 is 0 Å². The van der Waals surface area contributed by atoms with Crippen LogP contribution in [0, 0.1) is 6.92 Å². The Labute approximate surface area is 154 Å². The van der Waals surface area contributed by atoms with Crippen LogP contribution in [0.15, 0.2) is 35.5 Å². The van der Waals surface area contributed by atoms with E-state index in [4.69, 9.17) is 0 Å². The number of benzene rings is 1. The van der Waals surface area contributed by atoms with Crippen molar-refractivity contribution in [2.75, 3.05) is 37.6 Å². The van der Waals surface area contributed by atoms with Gasteiger partial charge in [-0.1, -0.05) is 0 Å². The van der Waals surface area contributed by atoms with E-state index in [9.17, 15) is 10.2 Å². The molecule has 6 nitrogen and oxygen atoms in total. The first-order chi connectivity index (χ1) is 12.6. The molecule has 0 bridgehead atoms. The molecule has 0 spiro atoms. The quantitative estimate of drug-likeness (QED) is 0.702. The number of aryl methyl sites for hydroxylation is 1. The summed E-state index contributed by atoms with van der Waals surface area (Å²) in [5.41, 5.74) is 3.63. The Morgan fingerprint density at radius 2 is 1.92 bits per heavy atom. The van der Waals surface area contributed by atoms with E-state index in [0.717, 1.165) is 18.8 Å². The number of nitrogens with one attached hydrogen (secondary N) is 1. The van der Waals surface area contributed by atoms with E-state index in [-0.39, 0.29) is 12.4 Å². The third-order valence-electron chi connectivity index (χ3n) is 5.06. The molecule has 138 valence electrons. The Morgan fingerprint density at radius 3 is 2.54 bits per heavy atom. The molecule has 26 heavy (non-hydrogen) atoms. The molecule has 1 aliphatic heterocycles. The van der Waals surface area contributed by atoms with Crippen molar-refractivity contribution in [2.45, 2.75) is 20.5 Å². The number of hydrogen-bond acceptors (Lipinski definition) is 5. The van der Waals surface area contributed by atoms with Crippen molar-refractivity contribution in [1.29, 1.82) is 0 Å². The number of nitrogens with zero attached hydrogens (tertiary/aromatic N) is 3. The zero-order valence-corrected chi connectivity index (χ0v) is 15.4. The summed E-state index contributed by atoms with van der Waals surface area (Å²) < 4.78 is 0. The van der Waals surface area contributed by atoms with Crippen LogP contribution in [0.4, 0.5) is 11.4 Å². The summed E-state index contributed by atoms with van der Waals surface area (Å²) >= 11 is 0. The van der Waals surface area contributed by atoms with Gasteiger partial charge in [0.15, 0.2) is 0 Å². The topological polar surface area (TPSA) is 73.4 Å². The maximum Gasteiger partial charge on any atom is 0.145 e. The lowest BCUT2D eigenvalue weighted by Crippen LogP contribution is -3.14. The van der Waals surface area contributed by atoms with Gasteiger partial charge in [0, 0.05) is 29.2 Å². The van der Waals surface area contributed by atoms with Gasteiger partial charge in [-0.15, -0.1) is 0 Å². The maximum absolute atomic E-state index is 10.2. The van der Waals surface area contributed by atoms with E-state index in [1.807, 2.05) is 12.1 Å². The van der Waals surface area contributed by atoms with Crippen LogP contribution >= 0.6 is 0 Å². The number of piperazine rings is 1. The molecular formula is C20H27N4O2+. The van der Waals surface area contributed by atoms with E-state index in [0.29, 0.717) is 16.8 Å². The van der Waals surface area contributed by atoms with Crippen molar-refractivity contribution >= 4 is 17.6 Å². The second-order valence-electron chi connectivity index (χ2n) is 6.65. The van der Waals surface area contributed by atoms with Gasteiger partial charge in [0.25, 0.3) is 0 Å². The molecule has 0 amide bonds. The van der Waals surface area contributed by atoms with Crippen LogP contribution in [0.5, 0.6) is 5.75 Å². The maximum atomic E-state index is 10.2. The van der Waals surface area contributed by atoms with Crippen LogP contribution in [0.25, 0.3) is 0 Å². The van der Waals surface area contributed by atoms with Gasteiger partial charge in [-0.25, -0.2) is 0 Å². The molecule has 3 rings (SSSR count). The number of likely N-dealkylation sites (N-methyl/N-ethyl adjacent to an activating group) is 1. The number of anilines is 1. The number of quaternary nitrogens is 1. The summed E-state index contributed by atoms with van der Waals surface area (Å²) in [4.78, 5) is 12.6. The summed E-state index contributed by atoms with van der Waals surface area (Å²) in [6, 6.07) is 8.14. The second kappa shape index (κ2) is 8.29. The summed E-state index contributed by atoms with van der Waals surface area (Å²) in [6.07, 6.45) is 3.16. The third-order valence-corrected chi connectivity index (χ3v) is 5.06. The van der Waals surface area contributed by atoms with Crippen molar-refractivity contribution in [3.63, 3.8) is 0 Å². The van der Waals surface area contributed by atoms with Crippen molar-refractivity contribution in [3.8, 4) is 5.75 Å². The van der Waals surface area contributed by atoms with Crippen LogP contribution in [0.1, 0.15) is 23.7 Å². The molecule has 2 heterocycles. The van der Waals surface area contributed by atoms with Crippen molar-refractivity contribution in [2.24, 2.45) is 4.99 Å². The van der Waals surface area contributed by atoms with Crippen LogP contribution in [-0.4, -0.2) is 54.1 Å². The minimum Gasteiger partial charge on any atom is -0.505 e. The molecule has 0 saturated carbocycles. The van der Waals surface area contributed by atoms with Crippen molar-refractivity contribution in [3.05, 3.63) is 47.3 Å². The molecule has 0 aliphatic carbocycles. The number of aliphatic hydroxyl groups is 1. The average molecular weight is 355 g/mol. The predicted octanol–water partition coefficient (Wildman–Crippen LogP) is 1.06. The van der Waals surface area contributed by atoms with Crippen molar-refractivity contribution < 1.29 is 15.1 Å². The Morgan fingerprint density at radius 1 is 1.23 bits per heavy atom. The molecule has 6 heteroatoms. The van der Waals surface area contributed by atoms with Gasteiger partial charge in [-0.3, -0.25) is 9.98 Å². The number of aromatic hydroxyl groups is 1. The molecule has 3 N–H and O–H groups in total. The first-order valence-electron chi connectivity index (χ1n) is 9.13. The fourth-order valence-electron chi connectivity index (χ4n) is 3.25. The Balaban J connectivity index is 1.72. The highest BCUT2D eigenvalue weighted by molar-refractivity contribution is 5.87. The molecule has 1 aromatic heterocycles. The van der Waals surface area contributed by atoms with Gasteiger partial charge in [0.2, 0.25) is 0 Å². The van der Waals surface area contributed by atoms with Crippen LogP contribution < -0.4 is 9.80 Å². The fraction of sp³-hybridized carbons (Fsp3) is 0.400. The minimum absolute atomic E-state index is 0.0632. The van der Waals surface area contributed by atoms with Gasteiger partial charge in [0.05, 0.1) is 50.7 Å². The highest BCUT2D eigenvalue weighted by Gasteiger charge is 2.18. The number of pyridine rings is 1. The second-order valence-corrected chi connectivity index (χ2v) is 6.65. The summed E-state index contributed by atoms with van der Waals surface area (Å²) in [6.45, 7) is 9.49.